The molecule has 0 aliphatic rings. The highest BCUT2D eigenvalue weighted by Crippen LogP contribution is 2.27. The van der Waals surface area contributed by atoms with Crippen molar-refractivity contribution >= 4 is 35.3 Å². The molecule has 0 aliphatic carbocycles. The van der Waals surface area contributed by atoms with Crippen LogP contribution in [0.1, 0.15) is 16.7 Å². The van der Waals surface area contributed by atoms with Gasteiger partial charge in [0.2, 0.25) is 0 Å². The number of aryl methyl sites for hydroxylation is 2. The van der Waals surface area contributed by atoms with Crippen molar-refractivity contribution in [2.75, 3.05) is 24.4 Å². The monoisotopic (exact) mass is 474 g/mol. The van der Waals surface area contributed by atoms with E-state index in [2.05, 4.69) is 21.2 Å². The molecule has 0 spiro atoms. The molecule has 180 valence electrons. The third-order valence-electron chi connectivity index (χ3n) is 4.83. The number of hydrogen-bond acceptors (Lipinski definition) is 6. The van der Waals surface area contributed by atoms with E-state index >= 15 is 0 Å². The number of benzene rings is 3. The Hall–Kier alpha value is -4.66. The Balaban J connectivity index is 1.53. The summed E-state index contributed by atoms with van der Waals surface area (Å²) in [4.78, 5) is 36.2. The van der Waals surface area contributed by atoms with E-state index in [1.54, 1.807) is 36.4 Å². The van der Waals surface area contributed by atoms with Crippen molar-refractivity contribution in [3.8, 4) is 11.5 Å². The van der Waals surface area contributed by atoms with Gasteiger partial charge < -0.3 is 20.1 Å². The van der Waals surface area contributed by atoms with Crippen LogP contribution < -0.4 is 25.5 Å². The highest BCUT2D eigenvalue weighted by Gasteiger charge is 2.14. The zero-order chi connectivity index (χ0) is 25.2. The molecule has 0 saturated heterocycles. The second-order valence-corrected chi connectivity index (χ2v) is 7.58. The van der Waals surface area contributed by atoms with Crippen LogP contribution in [0.3, 0.4) is 0 Å². The Labute approximate surface area is 203 Å². The summed E-state index contributed by atoms with van der Waals surface area (Å²) in [7, 11) is 1.47. The molecule has 0 unspecified atom stereocenters. The van der Waals surface area contributed by atoms with Gasteiger partial charge >= 0.3 is 11.8 Å². The molecule has 3 amide bonds. The average molecular weight is 475 g/mol. The number of rotatable bonds is 8. The van der Waals surface area contributed by atoms with Gasteiger partial charge in [-0.05, 0) is 66.9 Å². The maximum absolute atomic E-state index is 12.2. The van der Waals surface area contributed by atoms with Gasteiger partial charge in [-0.1, -0.05) is 30.3 Å². The van der Waals surface area contributed by atoms with Crippen LogP contribution in [0.15, 0.2) is 71.8 Å². The summed E-state index contributed by atoms with van der Waals surface area (Å²) in [6, 6.07) is 19.5. The first-order valence-corrected chi connectivity index (χ1v) is 10.7. The van der Waals surface area contributed by atoms with E-state index in [0.29, 0.717) is 28.4 Å². The first kappa shape index (κ1) is 25.0. The van der Waals surface area contributed by atoms with Gasteiger partial charge in [0.1, 0.15) is 0 Å². The molecular weight excluding hydrogens is 448 g/mol. The lowest BCUT2D eigenvalue weighted by Crippen LogP contribution is -2.32. The first-order valence-electron chi connectivity index (χ1n) is 10.7. The zero-order valence-corrected chi connectivity index (χ0v) is 19.6. The fraction of sp³-hybridized carbons (Fsp3) is 0.154. The second kappa shape index (κ2) is 12.0. The molecule has 0 fully saturated rings. The summed E-state index contributed by atoms with van der Waals surface area (Å²) in [6.07, 6.45) is 1.36. The minimum absolute atomic E-state index is 0.205. The lowest BCUT2D eigenvalue weighted by Gasteiger charge is -2.11. The summed E-state index contributed by atoms with van der Waals surface area (Å²) in [5.41, 5.74) is 5.86. The van der Waals surface area contributed by atoms with E-state index < -0.39 is 11.8 Å². The SMILES string of the molecule is COc1cc(/C=N\NC(=O)C(=O)Nc2ccccc2C)ccc1OCC(=O)Nc1cccc(C)c1. The minimum atomic E-state index is -0.906. The second-order valence-electron chi connectivity index (χ2n) is 7.58. The summed E-state index contributed by atoms with van der Waals surface area (Å²) in [5, 5.41) is 9.11. The molecule has 0 aromatic heterocycles. The number of hydrazone groups is 1. The van der Waals surface area contributed by atoms with Crippen molar-refractivity contribution in [3.05, 3.63) is 83.4 Å². The topological polar surface area (TPSA) is 118 Å². The summed E-state index contributed by atoms with van der Waals surface area (Å²) in [6.45, 7) is 3.56. The predicted octanol–water partition coefficient (Wildman–Crippen LogP) is 3.42. The molecule has 9 nitrogen and oxygen atoms in total. The van der Waals surface area contributed by atoms with Crippen molar-refractivity contribution < 1.29 is 23.9 Å². The summed E-state index contributed by atoms with van der Waals surface area (Å²) < 4.78 is 10.9. The third kappa shape index (κ3) is 7.43. The fourth-order valence-electron chi connectivity index (χ4n) is 3.06. The Morgan fingerprint density at radius 3 is 2.43 bits per heavy atom. The van der Waals surface area contributed by atoms with Crippen LogP contribution in [0.4, 0.5) is 11.4 Å². The van der Waals surface area contributed by atoms with E-state index in [1.165, 1.54) is 13.3 Å². The molecule has 0 radical (unpaired) electrons. The van der Waals surface area contributed by atoms with Crippen molar-refractivity contribution in [3.63, 3.8) is 0 Å². The van der Waals surface area contributed by atoms with Gasteiger partial charge in [0, 0.05) is 11.4 Å². The molecule has 9 heteroatoms. The highest BCUT2D eigenvalue weighted by atomic mass is 16.5. The minimum Gasteiger partial charge on any atom is -0.493 e. The first-order chi connectivity index (χ1) is 16.9. The number of amides is 3. The van der Waals surface area contributed by atoms with Crippen molar-refractivity contribution in [1.29, 1.82) is 0 Å². The Morgan fingerprint density at radius 2 is 1.69 bits per heavy atom. The van der Waals surface area contributed by atoms with Crippen molar-refractivity contribution in [2.24, 2.45) is 5.10 Å². The van der Waals surface area contributed by atoms with E-state index in [-0.39, 0.29) is 12.5 Å². The maximum Gasteiger partial charge on any atom is 0.329 e. The molecule has 0 aliphatic heterocycles. The van der Waals surface area contributed by atoms with Crippen LogP contribution >= 0.6 is 0 Å². The van der Waals surface area contributed by atoms with Gasteiger partial charge in [-0.15, -0.1) is 0 Å². The summed E-state index contributed by atoms with van der Waals surface area (Å²) >= 11 is 0. The van der Waals surface area contributed by atoms with Crippen molar-refractivity contribution in [2.45, 2.75) is 13.8 Å². The quantitative estimate of drug-likeness (QED) is 0.263. The lowest BCUT2D eigenvalue weighted by atomic mass is 10.2. The lowest BCUT2D eigenvalue weighted by molar-refractivity contribution is -0.136. The van der Waals surface area contributed by atoms with Crippen LogP contribution in [0.2, 0.25) is 0 Å². The molecular formula is C26H26N4O5. The van der Waals surface area contributed by atoms with E-state index in [1.807, 2.05) is 44.2 Å². The number of carbonyl (C=O) groups excluding carboxylic acids is 3. The fourth-order valence-corrected chi connectivity index (χ4v) is 3.06. The molecule has 0 saturated carbocycles. The van der Waals surface area contributed by atoms with Crippen molar-refractivity contribution in [1.82, 2.24) is 5.43 Å². The van der Waals surface area contributed by atoms with Gasteiger partial charge in [0.15, 0.2) is 18.1 Å². The van der Waals surface area contributed by atoms with Gasteiger partial charge in [-0.2, -0.15) is 5.10 Å². The smallest absolute Gasteiger partial charge is 0.329 e. The Bertz CT molecular complexity index is 1260. The number of nitrogens with zero attached hydrogens (tertiary/aromatic N) is 1. The molecule has 0 bridgehead atoms. The summed E-state index contributed by atoms with van der Waals surface area (Å²) in [5.74, 6) is -1.31. The molecule has 0 atom stereocenters. The van der Waals surface area contributed by atoms with E-state index in [4.69, 9.17) is 9.47 Å². The number of hydrogen-bond donors (Lipinski definition) is 3. The van der Waals surface area contributed by atoms with Gasteiger partial charge in [-0.25, -0.2) is 5.43 Å². The van der Waals surface area contributed by atoms with E-state index in [9.17, 15) is 14.4 Å². The van der Waals surface area contributed by atoms with Gasteiger partial charge in [0.05, 0.1) is 13.3 Å². The molecule has 35 heavy (non-hydrogen) atoms. The maximum atomic E-state index is 12.2. The highest BCUT2D eigenvalue weighted by molar-refractivity contribution is 6.39. The van der Waals surface area contributed by atoms with Crippen LogP contribution in [0, 0.1) is 13.8 Å². The van der Waals surface area contributed by atoms with Gasteiger partial charge in [0.25, 0.3) is 5.91 Å². The normalized spacial score (nSPS) is 10.5. The molecule has 3 aromatic rings. The predicted molar refractivity (Wildman–Crippen MR) is 134 cm³/mol. The third-order valence-corrected chi connectivity index (χ3v) is 4.83. The number of methoxy groups -OCH3 is 1. The number of para-hydroxylation sites is 1. The van der Waals surface area contributed by atoms with Crippen LogP contribution in [0.5, 0.6) is 11.5 Å². The van der Waals surface area contributed by atoms with Crippen LogP contribution in [0.25, 0.3) is 0 Å². The molecule has 3 aromatic carbocycles. The van der Waals surface area contributed by atoms with E-state index in [0.717, 1.165) is 11.1 Å². The standard InChI is InChI=1S/C26H26N4O5/c1-17-7-6-9-20(13-17)28-24(31)16-35-22-12-11-19(14-23(22)34-3)15-27-30-26(33)25(32)29-21-10-5-4-8-18(21)2/h4-15H,16H2,1-3H3,(H,28,31)(H,29,32)(H,30,33)/b27-15-. The Kier molecular flexibility index (Phi) is 8.55. The molecule has 3 rings (SSSR count). The Morgan fingerprint density at radius 1 is 0.886 bits per heavy atom. The number of nitrogens with one attached hydrogen (secondary N) is 3. The molecule has 0 heterocycles. The number of ether oxygens (including phenoxy) is 2. The van der Waals surface area contributed by atoms with Crippen LogP contribution in [-0.4, -0.2) is 37.7 Å². The van der Waals surface area contributed by atoms with Crippen LogP contribution in [-0.2, 0) is 14.4 Å². The average Bonchev–Trinajstić information content (AvgIpc) is 2.84. The largest absolute Gasteiger partial charge is 0.493 e. The number of carbonyl (C=O) groups is 3. The zero-order valence-electron chi connectivity index (χ0n) is 19.6. The number of anilines is 2. The molecule has 3 N–H and O–H groups in total. The van der Waals surface area contributed by atoms with Gasteiger partial charge in [-0.3, -0.25) is 14.4 Å².